The number of anilines is 2. The van der Waals surface area contributed by atoms with E-state index in [4.69, 9.17) is 20.4 Å². The van der Waals surface area contributed by atoms with Gasteiger partial charge in [0.2, 0.25) is 5.91 Å². The molecule has 0 atom stereocenters. The van der Waals surface area contributed by atoms with Crippen molar-refractivity contribution >= 4 is 45.1 Å². The lowest BCUT2D eigenvalue weighted by molar-refractivity contribution is -0.142. The SMILES string of the molecule is CCOC(=O)Cc1nc(N2CCN(Cc3ccccc3)C3(CC3)C2)cc2ccccc12.NC(=O)Cc1nc(N2CCN(Cc3ccccc3)C3(CC3)C2)cc2ccccc12. The number of aromatic nitrogens is 2. The molecule has 60 heavy (non-hydrogen) atoms. The molecule has 6 aromatic rings. The van der Waals surface area contributed by atoms with Gasteiger partial charge in [0.05, 0.1) is 30.8 Å². The van der Waals surface area contributed by atoms with Crippen LogP contribution >= 0.6 is 0 Å². The van der Waals surface area contributed by atoms with Crippen LogP contribution in [0, 0.1) is 0 Å². The Labute approximate surface area is 353 Å². The van der Waals surface area contributed by atoms with Crippen molar-refractivity contribution in [1.82, 2.24) is 19.8 Å². The number of benzene rings is 4. The Morgan fingerprint density at radius 3 is 1.47 bits per heavy atom. The molecule has 4 fully saturated rings. The van der Waals surface area contributed by atoms with Crippen LogP contribution in [0.4, 0.5) is 11.6 Å². The zero-order valence-electron chi connectivity index (χ0n) is 34.6. The quantitative estimate of drug-likeness (QED) is 0.135. The van der Waals surface area contributed by atoms with Crippen molar-refractivity contribution in [2.24, 2.45) is 5.73 Å². The third kappa shape index (κ3) is 8.72. The van der Waals surface area contributed by atoms with Gasteiger partial charge >= 0.3 is 5.97 Å². The van der Waals surface area contributed by atoms with Crippen LogP contribution in [-0.2, 0) is 40.3 Å². The minimum Gasteiger partial charge on any atom is -0.466 e. The molecule has 0 bridgehead atoms. The van der Waals surface area contributed by atoms with Crippen molar-refractivity contribution in [2.75, 3.05) is 55.7 Å². The zero-order valence-corrected chi connectivity index (χ0v) is 34.6. The first-order valence-corrected chi connectivity index (χ1v) is 21.6. The number of esters is 1. The van der Waals surface area contributed by atoms with Crippen molar-refractivity contribution in [1.29, 1.82) is 0 Å². The molecule has 4 aliphatic rings. The van der Waals surface area contributed by atoms with Crippen molar-refractivity contribution in [3.63, 3.8) is 0 Å². The standard InChI is InChI=1S/C26H29N3O2.C24H26N4O/c1-2-31-25(30)17-23-22-11-7-6-10-21(22)16-24(27-23)28-14-15-29(26(19-28)12-13-26)18-20-8-4-3-5-9-20;25-22(29)15-21-20-9-5-4-8-19(20)14-23(26-21)27-12-13-28(24(17-27)10-11-24)16-18-6-2-1-3-7-18/h3-11,16H,2,12-15,17-19H2,1H3;1-9,14H,10-13,15-17H2,(H2,25,29). The minimum atomic E-state index is -0.342. The molecular weight excluding hydrogens is 747 g/mol. The van der Waals surface area contributed by atoms with Crippen molar-refractivity contribution in [2.45, 2.75) is 69.6 Å². The van der Waals surface area contributed by atoms with Gasteiger partial charge in [0, 0.05) is 74.2 Å². The molecule has 4 aromatic carbocycles. The molecule has 0 radical (unpaired) electrons. The number of amides is 1. The topological polar surface area (TPSA) is 108 Å². The van der Waals surface area contributed by atoms with Crippen LogP contribution in [0.5, 0.6) is 0 Å². The summed E-state index contributed by atoms with van der Waals surface area (Å²) in [4.78, 5) is 43.7. The maximum Gasteiger partial charge on any atom is 0.311 e. The first-order valence-electron chi connectivity index (χ1n) is 21.6. The molecule has 2 N–H and O–H groups in total. The molecule has 2 spiro atoms. The minimum absolute atomic E-state index is 0.174. The van der Waals surface area contributed by atoms with Crippen LogP contribution in [0.15, 0.2) is 121 Å². The summed E-state index contributed by atoms with van der Waals surface area (Å²) in [6.07, 6.45) is 5.32. The molecule has 0 unspecified atom stereocenters. The molecule has 10 rings (SSSR count). The fraction of sp³-hybridized carbons (Fsp3) is 0.360. The number of nitrogens with zero attached hydrogens (tertiary/aromatic N) is 6. The van der Waals surface area contributed by atoms with E-state index in [2.05, 4.69) is 105 Å². The van der Waals surface area contributed by atoms with Gasteiger partial charge < -0.3 is 20.3 Å². The highest BCUT2D eigenvalue weighted by Gasteiger charge is 2.52. The zero-order chi connectivity index (χ0) is 41.1. The highest BCUT2D eigenvalue weighted by atomic mass is 16.5. The van der Waals surface area contributed by atoms with Crippen LogP contribution in [0.25, 0.3) is 21.5 Å². The number of pyridine rings is 2. The second-order valence-electron chi connectivity index (χ2n) is 17.0. The predicted molar refractivity (Wildman–Crippen MR) is 239 cm³/mol. The van der Waals surface area contributed by atoms with Crippen LogP contribution in [0.3, 0.4) is 0 Å². The van der Waals surface area contributed by atoms with Gasteiger partial charge in [0.25, 0.3) is 0 Å². The van der Waals surface area contributed by atoms with Crippen molar-refractivity contribution in [3.05, 3.63) is 144 Å². The number of nitrogens with two attached hydrogens (primary N) is 1. The van der Waals surface area contributed by atoms with E-state index >= 15 is 0 Å². The predicted octanol–water partition coefficient (Wildman–Crippen LogP) is 7.31. The largest absolute Gasteiger partial charge is 0.466 e. The maximum absolute atomic E-state index is 12.2. The van der Waals surface area contributed by atoms with Gasteiger partial charge in [-0.2, -0.15) is 0 Å². The van der Waals surface area contributed by atoms with E-state index in [9.17, 15) is 9.59 Å². The first kappa shape index (κ1) is 39.6. The molecule has 2 aromatic heterocycles. The lowest BCUT2D eigenvalue weighted by atomic mass is 10.1. The molecule has 2 aliphatic carbocycles. The van der Waals surface area contributed by atoms with Gasteiger partial charge in [-0.1, -0.05) is 109 Å². The van der Waals surface area contributed by atoms with Crippen LogP contribution in [-0.4, -0.2) is 88.6 Å². The average molecular weight is 802 g/mol. The van der Waals surface area contributed by atoms with Crippen LogP contribution in [0.2, 0.25) is 0 Å². The van der Waals surface area contributed by atoms with E-state index < -0.39 is 0 Å². The number of rotatable bonds is 11. The van der Waals surface area contributed by atoms with Crippen LogP contribution in [0.1, 0.15) is 55.1 Å². The monoisotopic (exact) mass is 801 g/mol. The summed E-state index contributed by atoms with van der Waals surface area (Å²) >= 11 is 0. The lowest BCUT2D eigenvalue weighted by Crippen LogP contribution is -2.54. The summed E-state index contributed by atoms with van der Waals surface area (Å²) in [7, 11) is 0. The number of hydrogen-bond donors (Lipinski definition) is 1. The number of hydrogen-bond acceptors (Lipinski definition) is 9. The van der Waals surface area contributed by atoms with Crippen molar-refractivity contribution in [3.8, 4) is 0 Å². The molecule has 10 nitrogen and oxygen atoms in total. The summed E-state index contributed by atoms with van der Waals surface area (Å²) in [5.74, 6) is 1.38. The Bertz CT molecular complexity index is 2470. The molecule has 2 saturated carbocycles. The Hall–Kier alpha value is -5.84. The Kier molecular flexibility index (Phi) is 11.2. The fourth-order valence-corrected chi connectivity index (χ4v) is 9.37. The van der Waals surface area contributed by atoms with Gasteiger partial charge in [-0.25, -0.2) is 9.97 Å². The Morgan fingerprint density at radius 1 is 0.600 bits per heavy atom. The lowest BCUT2D eigenvalue weighted by Gasteiger charge is -2.43. The van der Waals surface area contributed by atoms with E-state index in [0.717, 1.165) is 96.9 Å². The number of primary amides is 1. The number of piperazine rings is 2. The molecular formula is C50H55N7O3. The summed E-state index contributed by atoms with van der Waals surface area (Å²) in [5, 5.41) is 4.29. The second kappa shape index (κ2) is 17.0. The average Bonchev–Trinajstić information content (AvgIpc) is 4.21. The summed E-state index contributed by atoms with van der Waals surface area (Å²) < 4.78 is 5.19. The van der Waals surface area contributed by atoms with Gasteiger partial charge in [-0.3, -0.25) is 19.4 Å². The molecule has 10 heteroatoms. The molecule has 1 amide bonds. The number of carbonyl (C=O) groups excluding carboxylic acids is 2. The van der Waals surface area contributed by atoms with E-state index in [1.165, 1.54) is 36.8 Å². The maximum atomic E-state index is 12.2. The number of fused-ring (bicyclic) bond motifs is 2. The van der Waals surface area contributed by atoms with Gasteiger partial charge in [-0.15, -0.1) is 0 Å². The second-order valence-corrected chi connectivity index (χ2v) is 17.0. The summed E-state index contributed by atoms with van der Waals surface area (Å²) in [6.45, 7) is 10.2. The summed E-state index contributed by atoms with van der Waals surface area (Å²) in [5.41, 5.74) is 10.3. The highest BCUT2D eigenvalue weighted by Crippen LogP contribution is 2.47. The van der Waals surface area contributed by atoms with Gasteiger partial charge in [-0.05, 0) is 66.6 Å². The van der Waals surface area contributed by atoms with Crippen molar-refractivity contribution < 1.29 is 14.3 Å². The van der Waals surface area contributed by atoms with Gasteiger partial charge in [0.15, 0.2) is 0 Å². The highest BCUT2D eigenvalue weighted by molar-refractivity contribution is 5.91. The van der Waals surface area contributed by atoms with E-state index in [0.29, 0.717) is 6.61 Å². The summed E-state index contributed by atoms with van der Waals surface area (Å²) in [6, 6.07) is 42.1. The molecule has 308 valence electrons. The molecule has 2 saturated heterocycles. The first-order chi connectivity index (χ1) is 29.3. The molecule has 4 heterocycles. The third-order valence-electron chi connectivity index (χ3n) is 12.9. The number of ether oxygens (including phenoxy) is 1. The Morgan fingerprint density at radius 2 is 1.03 bits per heavy atom. The van der Waals surface area contributed by atoms with E-state index in [1.54, 1.807) is 0 Å². The molecule has 2 aliphatic heterocycles. The normalized spacial score (nSPS) is 18.0. The van der Waals surface area contributed by atoms with E-state index in [1.807, 2.05) is 43.3 Å². The van der Waals surface area contributed by atoms with E-state index in [-0.39, 0.29) is 35.8 Å². The smallest absolute Gasteiger partial charge is 0.311 e. The Balaban J connectivity index is 0.000000154. The third-order valence-corrected chi connectivity index (χ3v) is 12.9. The van der Waals surface area contributed by atoms with Crippen LogP contribution < -0.4 is 15.5 Å². The number of carbonyl (C=O) groups is 2. The van der Waals surface area contributed by atoms with Gasteiger partial charge in [0.1, 0.15) is 11.6 Å². The fourth-order valence-electron chi connectivity index (χ4n) is 9.37.